The van der Waals surface area contributed by atoms with Crippen molar-refractivity contribution in [1.29, 1.82) is 0 Å². The summed E-state index contributed by atoms with van der Waals surface area (Å²) in [7, 11) is 2.22. The van der Waals surface area contributed by atoms with Crippen molar-refractivity contribution < 1.29 is 4.79 Å². The van der Waals surface area contributed by atoms with E-state index in [2.05, 4.69) is 101 Å². The standard InChI is InChI=1S/C38H49N5O.C2H6/c1-30-31(2)43(18-7-17-40-22-20-39(3)21-23-40)37-15-12-34(29-36(30)37)28-33-10-13-35(14-11-33)38(44)42-26-24-41(25-27-42)19-16-32-8-5-4-6-9-32;1-2/h4-6,8-15,29H,7,16-28H2,1-3H3;1-2H3. The van der Waals surface area contributed by atoms with Crippen LogP contribution in [0.4, 0.5) is 0 Å². The maximum Gasteiger partial charge on any atom is 0.253 e. The third-order valence-electron chi connectivity index (χ3n) is 9.98. The second-order valence-electron chi connectivity index (χ2n) is 13.0. The number of rotatable bonds is 10. The van der Waals surface area contributed by atoms with Crippen LogP contribution in [0.25, 0.3) is 10.9 Å². The lowest BCUT2D eigenvalue weighted by Gasteiger charge is -2.34. The topological polar surface area (TPSA) is 35.0 Å². The van der Waals surface area contributed by atoms with Gasteiger partial charge in [-0.25, -0.2) is 0 Å². The van der Waals surface area contributed by atoms with E-state index in [-0.39, 0.29) is 5.91 Å². The number of carbonyl (C=O) groups is 1. The SMILES string of the molecule is CC.Cc1c(C)n(CCCN2CCN(C)CC2)c2ccc(Cc3ccc(C(=O)N4CCN(CCc5ccccc5)CC4)cc3)cc12. The summed E-state index contributed by atoms with van der Waals surface area (Å²) in [5, 5.41) is 1.37. The number of carbonyl (C=O) groups excluding carboxylic acids is 1. The van der Waals surface area contributed by atoms with Crippen molar-refractivity contribution in [2.75, 3.05) is 72.5 Å². The summed E-state index contributed by atoms with van der Waals surface area (Å²) >= 11 is 0. The minimum atomic E-state index is 0.153. The molecule has 0 unspecified atom stereocenters. The van der Waals surface area contributed by atoms with Gasteiger partial charge in [0, 0.05) is 87.6 Å². The Bertz CT molecular complexity index is 1530. The molecule has 0 spiro atoms. The van der Waals surface area contributed by atoms with E-state index < -0.39 is 0 Å². The predicted octanol–water partition coefficient (Wildman–Crippen LogP) is 6.51. The summed E-state index contributed by atoms with van der Waals surface area (Å²) < 4.78 is 2.52. The van der Waals surface area contributed by atoms with E-state index in [4.69, 9.17) is 0 Å². The number of aromatic nitrogens is 1. The van der Waals surface area contributed by atoms with Crippen molar-refractivity contribution in [2.24, 2.45) is 0 Å². The van der Waals surface area contributed by atoms with Gasteiger partial charge in [-0.2, -0.15) is 0 Å². The number of benzene rings is 3. The van der Waals surface area contributed by atoms with Gasteiger partial charge in [-0.3, -0.25) is 9.69 Å². The smallest absolute Gasteiger partial charge is 0.253 e. The Morgan fingerprint density at radius 2 is 1.30 bits per heavy atom. The molecule has 46 heavy (non-hydrogen) atoms. The van der Waals surface area contributed by atoms with Gasteiger partial charge in [0.15, 0.2) is 0 Å². The number of aryl methyl sites for hydroxylation is 2. The molecule has 1 amide bonds. The molecule has 0 atom stereocenters. The highest BCUT2D eigenvalue weighted by atomic mass is 16.2. The van der Waals surface area contributed by atoms with Crippen LogP contribution in [0, 0.1) is 13.8 Å². The minimum absolute atomic E-state index is 0.153. The van der Waals surface area contributed by atoms with Gasteiger partial charge in [-0.1, -0.05) is 62.4 Å². The van der Waals surface area contributed by atoms with Gasteiger partial charge in [-0.05, 0) is 93.2 Å². The maximum absolute atomic E-state index is 13.3. The first-order chi connectivity index (χ1) is 22.4. The zero-order valence-corrected chi connectivity index (χ0v) is 29.0. The highest BCUT2D eigenvalue weighted by Crippen LogP contribution is 2.28. The van der Waals surface area contributed by atoms with Gasteiger partial charge >= 0.3 is 0 Å². The van der Waals surface area contributed by atoms with E-state index in [1.165, 1.54) is 78.0 Å². The van der Waals surface area contributed by atoms with E-state index in [1.807, 2.05) is 30.9 Å². The zero-order chi connectivity index (χ0) is 32.5. The molecular weight excluding hydrogens is 566 g/mol. The Morgan fingerprint density at radius 3 is 2.00 bits per heavy atom. The first-order valence-electron chi connectivity index (χ1n) is 17.6. The summed E-state index contributed by atoms with van der Waals surface area (Å²) in [5.74, 6) is 0.153. The zero-order valence-electron chi connectivity index (χ0n) is 29.0. The first-order valence-corrected chi connectivity index (χ1v) is 17.6. The molecule has 2 aliphatic rings. The van der Waals surface area contributed by atoms with Crippen LogP contribution in [0.3, 0.4) is 0 Å². The molecule has 0 bridgehead atoms. The van der Waals surface area contributed by atoms with Crippen LogP contribution in [0.1, 0.15) is 58.6 Å². The molecule has 1 aromatic heterocycles. The van der Waals surface area contributed by atoms with Gasteiger partial charge in [0.25, 0.3) is 5.91 Å². The summed E-state index contributed by atoms with van der Waals surface area (Å²) in [6, 6.07) is 25.9. The van der Waals surface area contributed by atoms with Crippen molar-refractivity contribution in [3.8, 4) is 0 Å². The first kappa shape index (κ1) is 33.9. The van der Waals surface area contributed by atoms with Gasteiger partial charge in [-0.15, -0.1) is 0 Å². The molecule has 2 saturated heterocycles. The summed E-state index contributed by atoms with van der Waals surface area (Å²) in [4.78, 5) is 22.8. The number of fused-ring (bicyclic) bond motifs is 1. The quantitative estimate of drug-likeness (QED) is 0.202. The highest BCUT2D eigenvalue weighted by molar-refractivity contribution is 5.94. The molecule has 4 aromatic rings. The van der Waals surface area contributed by atoms with Crippen LogP contribution in [0.15, 0.2) is 72.8 Å². The van der Waals surface area contributed by atoms with E-state index in [0.717, 1.165) is 57.7 Å². The third-order valence-corrected chi connectivity index (χ3v) is 9.98. The van der Waals surface area contributed by atoms with Crippen molar-refractivity contribution >= 4 is 16.8 Å². The predicted molar refractivity (Wildman–Crippen MR) is 193 cm³/mol. The number of amides is 1. The molecule has 3 heterocycles. The second-order valence-corrected chi connectivity index (χ2v) is 13.0. The number of likely N-dealkylation sites (N-methyl/N-ethyl adjacent to an activating group) is 1. The third kappa shape index (κ3) is 8.47. The second kappa shape index (κ2) is 16.4. The monoisotopic (exact) mass is 621 g/mol. The van der Waals surface area contributed by atoms with Crippen molar-refractivity contribution in [3.05, 3.63) is 106 Å². The van der Waals surface area contributed by atoms with Crippen LogP contribution < -0.4 is 0 Å². The molecule has 2 aliphatic heterocycles. The van der Waals surface area contributed by atoms with Crippen LogP contribution in [0.5, 0.6) is 0 Å². The molecule has 6 heteroatoms. The van der Waals surface area contributed by atoms with Crippen LogP contribution >= 0.6 is 0 Å². The maximum atomic E-state index is 13.3. The molecule has 0 saturated carbocycles. The molecule has 0 N–H and O–H groups in total. The van der Waals surface area contributed by atoms with Crippen molar-refractivity contribution in [2.45, 2.75) is 53.5 Å². The minimum Gasteiger partial charge on any atom is -0.345 e. The molecule has 2 fully saturated rings. The molecule has 6 nitrogen and oxygen atoms in total. The van der Waals surface area contributed by atoms with Crippen LogP contribution in [0.2, 0.25) is 0 Å². The fourth-order valence-corrected chi connectivity index (χ4v) is 6.91. The van der Waals surface area contributed by atoms with Gasteiger partial charge in [0.1, 0.15) is 0 Å². The Morgan fingerprint density at radius 1 is 0.674 bits per heavy atom. The molecule has 0 aliphatic carbocycles. The molecule has 246 valence electrons. The average Bonchev–Trinajstić information content (AvgIpc) is 3.34. The Balaban J connectivity index is 0.00000204. The highest BCUT2D eigenvalue weighted by Gasteiger charge is 2.22. The van der Waals surface area contributed by atoms with Gasteiger partial charge in [0.05, 0.1) is 0 Å². The van der Waals surface area contributed by atoms with E-state index >= 15 is 0 Å². The summed E-state index contributed by atoms with van der Waals surface area (Å²) in [6.07, 6.45) is 3.12. The van der Waals surface area contributed by atoms with E-state index in [0.29, 0.717) is 0 Å². The fourth-order valence-electron chi connectivity index (χ4n) is 6.91. The molecule has 6 rings (SSSR count). The number of hydrogen-bond donors (Lipinski definition) is 0. The lowest BCUT2D eigenvalue weighted by Crippen LogP contribution is -2.49. The van der Waals surface area contributed by atoms with Gasteiger partial charge < -0.3 is 19.3 Å². The number of nitrogens with zero attached hydrogens (tertiary/aromatic N) is 5. The lowest BCUT2D eigenvalue weighted by molar-refractivity contribution is 0.0638. The van der Waals surface area contributed by atoms with Crippen molar-refractivity contribution in [1.82, 2.24) is 24.2 Å². The number of hydrogen-bond acceptors (Lipinski definition) is 4. The average molecular weight is 622 g/mol. The Kier molecular flexibility index (Phi) is 12.1. The van der Waals surface area contributed by atoms with Gasteiger partial charge in [0.2, 0.25) is 0 Å². The largest absolute Gasteiger partial charge is 0.345 e. The normalized spacial score (nSPS) is 16.4. The van der Waals surface area contributed by atoms with Crippen molar-refractivity contribution in [3.63, 3.8) is 0 Å². The Hall–Kier alpha value is -3.45. The summed E-state index contributed by atoms with van der Waals surface area (Å²) in [6.45, 7) is 20.0. The number of piperazine rings is 2. The van der Waals surface area contributed by atoms with Crippen LogP contribution in [-0.2, 0) is 19.4 Å². The molecule has 3 aromatic carbocycles. The van der Waals surface area contributed by atoms with Crippen LogP contribution in [-0.4, -0.2) is 103 Å². The summed E-state index contributed by atoms with van der Waals surface area (Å²) in [5.41, 5.74) is 8.86. The molecular formula is C40H55N5O. The molecule has 0 radical (unpaired) electrons. The fraction of sp³-hybridized carbons (Fsp3) is 0.475. The van der Waals surface area contributed by atoms with E-state index in [9.17, 15) is 4.79 Å². The lowest BCUT2D eigenvalue weighted by atomic mass is 10.0. The van der Waals surface area contributed by atoms with E-state index in [1.54, 1.807) is 0 Å². The Labute approximate surface area is 277 Å².